The van der Waals surface area contributed by atoms with Crippen molar-refractivity contribution in [3.8, 4) is 5.75 Å². The zero-order valence-electron chi connectivity index (χ0n) is 15.4. The largest absolute Gasteiger partial charge is 0.489 e. The van der Waals surface area contributed by atoms with Crippen LogP contribution in [0.1, 0.15) is 35.2 Å². The van der Waals surface area contributed by atoms with E-state index < -0.39 is 0 Å². The summed E-state index contributed by atoms with van der Waals surface area (Å²) in [5, 5.41) is 5.60. The summed E-state index contributed by atoms with van der Waals surface area (Å²) in [4.78, 5) is 36.9. The third-order valence-electron chi connectivity index (χ3n) is 5.38. The molecule has 1 unspecified atom stereocenters. The zero-order chi connectivity index (χ0) is 19.0. The molecule has 4 aliphatic heterocycles. The smallest absolute Gasteiger partial charge is 0.254 e. The molecule has 4 aliphatic rings. The van der Waals surface area contributed by atoms with Crippen molar-refractivity contribution in [3.05, 3.63) is 23.3 Å². The van der Waals surface area contributed by atoms with Gasteiger partial charge in [0.2, 0.25) is 11.8 Å². The number of piperazine rings is 1. The van der Waals surface area contributed by atoms with Crippen LogP contribution in [0.4, 0.5) is 5.69 Å². The summed E-state index contributed by atoms with van der Waals surface area (Å²) in [5.41, 5.74) is 3.01. The standard InChI is InChI=1S/C14H17N3O2.C5H7NO2/c1-16-7-11-10(14(16)18)2-3-12-13(11)19-8-9-6-15-4-5-17(9)12;7-4-2-1-3-5(8)6-4/h2-3,9,15H,4-8H2,1H3;1-3H2,(H,6,7,8). The predicted molar refractivity (Wildman–Crippen MR) is 98.7 cm³/mol. The lowest BCUT2D eigenvalue weighted by Gasteiger charge is -2.42. The minimum atomic E-state index is -0.138. The van der Waals surface area contributed by atoms with Crippen LogP contribution in [0.2, 0.25) is 0 Å². The minimum Gasteiger partial charge on any atom is -0.489 e. The predicted octanol–water partition coefficient (Wildman–Crippen LogP) is 0.256. The van der Waals surface area contributed by atoms with E-state index in [1.807, 2.05) is 19.2 Å². The van der Waals surface area contributed by atoms with Crippen LogP contribution in [0.25, 0.3) is 0 Å². The lowest BCUT2D eigenvalue weighted by atomic mass is 10.0. The molecule has 144 valence electrons. The Kier molecular flexibility index (Phi) is 4.73. The van der Waals surface area contributed by atoms with Gasteiger partial charge in [0.1, 0.15) is 12.4 Å². The number of hydrogen-bond donors (Lipinski definition) is 2. The van der Waals surface area contributed by atoms with Crippen LogP contribution >= 0.6 is 0 Å². The molecule has 0 aromatic heterocycles. The Bertz CT molecular complexity index is 780. The van der Waals surface area contributed by atoms with Crippen LogP contribution in [0.15, 0.2) is 12.1 Å². The van der Waals surface area contributed by atoms with Gasteiger partial charge in [0, 0.05) is 50.7 Å². The van der Waals surface area contributed by atoms with E-state index in [9.17, 15) is 14.4 Å². The molecule has 2 saturated heterocycles. The first-order valence-electron chi connectivity index (χ1n) is 9.39. The first-order chi connectivity index (χ1) is 13.0. The van der Waals surface area contributed by atoms with Gasteiger partial charge in [-0.25, -0.2) is 0 Å². The van der Waals surface area contributed by atoms with Crippen molar-refractivity contribution in [3.63, 3.8) is 0 Å². The minimum absolute atomic E-state index is 0.101. The molecule has 0 saturated carbocycles. The second-order valence-corrected chi connectivity index (χ2v) is 7.29. The number of nitrogens with one attached hydrogen (secondary N) is 2. The number of hydrogen-bond acceptors (Lipinski definition) is 6. The molecule has 0 radical (unpaired) electrons. The number of amides is 3. The van der Waals surface area contributed by atoms with Gasteiger partial charge in [-0.15, -0.1) is 0 Å². The van der Waals surface area contributed by atoms with Gasteiger partial charge in [0.05, 0.1) is 18.3 Å². The summed E-state index contributed by atoms with van der Waals surface area (Å²) in [5.74, 6) is 0.750. The highest BCUT2D eigenvalue weighted by atomic mass is 16.5. The Hall–Kier alpha value is -2.61. The van der Waals surface area contributed by atoms with Gasteiger partial charge in [-0.05, 0) is 18.6 Å². The van der Waals surface area contributed by atoms with E-state index in [-0.39, 0.29) is 17.7 Å². The molecule has 5 rings (SSSR count). The highest BCUT2D eigenvalue weighted by Gasteiger charge is 2.35. The summed E-state index contributed by atoms with van der Waals surface area (Å²) in [6.45, 7) is 4.34. The number of ether oxygens (including phenoxy) is 1. The van der Waals surface area contributed by atoms with Crippen LogP contribution in [0.5, 0.6) is 5.75 Å². The molecular weight excluding hydrogens is 348 g/mol. The lowest BCUT2D eigenvalue weighted by Crippen LogP contribution is -2.55. The fourth-order valence-corrected chi connectivity index (χ4v) is 3.97. The molecular formula is C19H24N4O4. The van der Waals surface area contributed by atoms with E-state index >= 15 is 0 Å². The molecule has 4 heterocycles. The van der Waals surface area contributed by atoms with E-state index in [1.54, 1.807) is 4.90 Å². The van der Waals surface area contributed by atoms with Gasteiger partial charge in [-0.1, -0.05) is 0 Å². The van der Waals surface area contributed by atoms with Crippen LogP contribution in [-0.4, -0.2) is 62.0 Å². The number of anilines is 1. The van der Waals surface area contributed by atoms with E-state index in [0.717, 1.165) is 42.2 Å². The van der Waals surface area contributed by atoms with Crippen molar-refractivity contribution in [1.29, 1.82) is 0 Å². The Morgan fingerprint density at radius 1 is 1.15 bits per heavy atom. The Morgan fingerprint density at radius 3 is 2.63 bits per heavy atom. The molecule has 27 heavy (non-hydrogen) atoms. The molecule has 0 spiro atoms. The Morgan fingerprint density at radius 2 is 1.93 bits per heavy atom. The van der Waals surface area contributed by atoms with Crippen LogP contribution in [0.3, 0.4) is 0 Å². The number of fused-ring (bicyclic) bond motifs is 5. The Balaban J connectivity index is 0.000000190. The average molecular weight is 372 g/mol. The molecule has 1 aromatic rings. The second-order valence-electron chi connectivity index (χ2n) is 7.29. The third kappa shape index (κ3) is 3.37. The SMILES string of the molecule is CN1Cc2c(ccc3c2OCC2CNCCN32)C1=O.O=C1CCCC(=O)N1. The first-order valence-corrected chi connectivity index (χ1v) is 9.39. The van der Waals surface area contributed by atoms with Gasteiger partial charge in [0.15, 0.2) is 0 Å². The highest BCUT2D eigenvalue weighted by molar-refractivity contribution is 6.00. The maximum Gasteiger partial charge on any atom is 0.254 e. The quantitative estimate of drug-likeness (QED) is 0.635. The van der Waals surface area contributed by atoms with Gasteiger partial charge < -0.3 is 19.9 Å². The highest BCUT2D eigenvalue weighted by Crippen LogP contribution is 2.41. The monoisotopic (exact) mass is 372 g/mol. The van der Waals surface area contributed by atoms with Gasteiger partial charge in [-0.3, -0.25) is 19.7 Å². The lowest BCUT2D eigenvalue weighted by molar-refractivity contribution is -0.132. The molecule has 1 atom stereocenters. The van der Waals surface area contributed by atoms with Gasteiger partial charge >= 0.3 is 0 Å². The number of rotatable bonds is 0. The molecule has 2 fully saturated rings. The van der Waals surface area contributed by atoms with Crippen molar-refractivity contribution >= 4 is 23.4 Å². The molecule has 3 amide bonds. The van der Waals surface area contributed by atoms with E-state index in [2.05, 4.69) is 15.5 Å². The van der Waals surface area contributed by atoms with Crippen molar-refractivity contribution < 1.29 is 19.1 Å². The number of imide groups is 1. The fourth-order valence-electron chi connectivity index (χ4n) is 3.97. The number of carbonyl (C=O) groups is 3. The topological polar surface area (TPSA) is 91.0 Å². The van der Waals surface area contributed by atoms with Crippen LogP contribution in [-0.2, 0) is 16.1 Å². The van der Waals surface area contributed by atoms with Crippen LogP contribution in [0, 0.1) is 0 Å². The average Bonchev–Trinajstić information content (AvgIpc) is 2.96. The molecule has 8 heteroatoms. The van der Waals surface area contributed by atoms with E-state index in [0.29, 0.717) is 38.5 Å². The number of benzene rings is 1. The maximum absolute atomic E-state index is 12.0. The zero-order valence-corrected chi connectivity index (χ0v) is 15.4. The van der Waals surface area contributed by atoms with Gasteiger partial charge in [0.25, 0.3) is 5.91 Å². The number of carbonyl (C=O) groups excluding carboxylic acids is 3. The number of piperidine rings is 1. The van der Waals surface area contributed by atoms with E-state index in [1.165, 1.54) is 0 Å². The fraction of sp³-hybridized carbons (Fsp3) is 0.526. The summed E-state index contributed by atoms with van der Waals surface area (Å²) in [6, 6.07) is 4.41. The van der Waals surface area contributed by atoms with E-state index in [4.69, 9.17) is 4.74 Å². The van der Waals surface area contributed by atoms with Crippen molar-refractivity contribution in [1.82, 2.24) is 15.5 Å². The van der Waals surface area contributed by atoms with Crippen molar-refractivity contribution in [2.45, 2.75) is 31.8 Å². The van der Waals surface area contributed by atoms with Gasteiger partial charge in [-0.2, -0.15) is 0 Å². The second kappa shape index (κ2) is 7.19. The summed E-state index contributed by atoms with van der Waals surface area (Å²) in [6.07, 6.45) is 1.72. The summed E-state index contributed by atoms with van der Waals surface area (Å²) >= 11 is 0. The third-order valence-corrected chi connectivity index (χ3v) is 5.38. The Labute approximate surface area is 157 Å². The molecule has 2 N–H and O–H groups in total. The normalized spacial score (nSPS) is 23.4. The first kappa shape index (κ1) is 17.8. The molecule has 0 bridgehead atoms. The molecule has 8 nitrogen and oxygen atoms in total. The summed E-state index contributed by atoms with van der Waals surface area (Å²) < 4.78 is 5.97. The van der Waals surface area contributed by atoms with Crippen molar-refractivity contribution in [2.24, 2.45) is 0 Å². The molecule has 1 aromatic carbocycles. The summed E-state index contributed by atoms with van der Waals surface area (Å²) in [7, 11) is 1.84. The maximum atomic E-state index is 12.0. The molecule has 0 aliphatic carbocycles. The van der Waals surface area contributed by atoms with Crippen LogP contribution < -0.4 is 20.3 Å². The van der Waals surface area contributed by atoms with Crippen molar-refractivity contribution in [2.75, 3.05) is 38.2 Å². The number of nitrogens with zero attached hydrogens (tertiary/aromatic N) is 2.